The lowest BCUT2D eigenvalue weighted by Gasteiger charge is -2.36. The Kier molecular flexibility index (Phi) is 7.34. The Labute approximate surface area is 197 Å². The highest BCUT2D eigenvalue weighted by Crippen LogP contribution is 2.21. The number of anilines is 1. The predicted molar refractivity (Wildman–Crippen MR) is 131 cm³/mol. The zero-order chi connectivity index (χ0) is 23.2. The van der Waals surface area contributed by atoms with Crippen LogP contribution in [0.2, 0.25) is 0 Å². The zero-order valence-corrected chi connectivity index (χ0v) is 19.7. The number of benzene rings is 2. The van der Waals surface area contributed by atoms with E-state index in [0.29, 0.717) is 29.5 Å². The quantitative estimate of drug-likeness (QED) is 0.427. The largest absolute Gasteiger partial charge is 0.497 e. The Bertz CT molecular complexity index is 1140. The van der Waals surface area contributed by atoms with E-state index < -0.39 is 0 Å². The van der Waals surface area contributed by atoms with Gasteiger partial charge in [-0.15, -0.1) is 0 Å². The second-order valence-corrected chi connectivity index (χ2v) is 8.92. The molecule has 4 rings (SSSR count). The van der Waals surface area contributed by atoms with Gasteiger partial charge in [-0.1, -0.05) is 42.1 Å². The van der Waals surface area contributed by atoms with Crippen LogP contribution in [0.4, 0.5) is 5.69 Å². The lowest BCUT2D eigenvalue weighted by atomic mass is 10.1. The first kappa shape index (κ1) is 22.9. The second kappa shape index (κ2) is 10.6. The van der Waals surface area contributed by atoms with Crippen LogP contribution in [0.15, 0.2) is 64.5 Å². The molecular weight excluding hydrogens is 436 g/mol. The molecule has 0 bridgehead atoms. The molecule has 1 aliphatic rings. The van der Waals surface area contributed by atoms with Gasteiger partial charge in [0, 0.05) is 48.9 Å². The topological polar surface area (TPSA) is 78.5 Å². The maximum Gasteiger partial charge on any atom is 0.255 e. The van der Waals surface area contributed by atoms with Crippen molar-refractivity contribution in [3.05, 3.63) is 81.8 Å². The Morgan fingerprint density at radius 2 is 1.76 bits per heavy atom. The summed E-state index contributed by atoms with van der Waals surface area (Å²) in [5, 5.41) is 0.575. The summed E-state index contributed by atoms with van der Waals surface area (Å²) in [5.41, 5.74) is 3.10. The summed E-state index contributed by atoms with van der Waals surface area (Å²) in [4.78, 5) is 37.0. The number of carbonyl (C=O) groups is 1. The molecule has 0 saturated carbocycles. The maximum atomic E-state index is 12.9. The third-order valence-electron chi connectivity index (χ3n) is 5.82. The summed E-state index contributed by atoms with van der Waals surface area (Å²) in [5.74, 6) is 1.51. The van der Waals surface area contributed by atoms with E-state index in [4.69, 9.17) is 4.74 Å². The number of ether oxygens (including phenoxy) is 1. The van der Waals surface area contributed by atoms with E-state index in [1.54, 1.807) is 14.0 Å². The van der Waals surface area contributed by atoms with Crippen LogP contribution in [0.5, 0.6) is 5.75 Å². The summed E-state index contributed by atoms with van der Waals surface area (Å²) in [7, 11) is 1.65. The number of hydrogen-bond donors (Lipinski definition) is 1. The Morgan fingerprint density at radius 3 is 2.39 bits per heavy atom. The van der Waals surface area contributed by atoms with Gasteiger partial charge in [0.1, 0.15) is 5.75 Å². The minimum atomic E-state index is -0.233. The summed E-state index contributed by atoms with van der Waals surface area (Å²) >= 11 is 1.48. The normalized spacial score (nSPS) is 13.8. The van der Waals surface area contributed by atoms with Gasteiger partial charge in [0.15, 0.2) is 5.16 Å². The van der Waals surface area contributed by atoms with E-state index in [-0.39, 0.29) is 17.9 Å². The van der Waals surface area contributed by atoms with Crippen LogP contribution >= 0.6 is 11.8 Å². The number of nitrogens with one attached hydrogen (secondary N) is 1. The minimum absolute atomic E-state index is 0.0375. The monoisotopic (exact) mass is 464 g/mol. The number of aromatic amines is 1. The van der Waals surface area contributed by atoms with Crippen molar-refractivity contribution in [3.63, 3.8) is 0 Å². The van der Waals surface area contributed by atoms with E-state index in [1.807, 2.05) is 59.5 Å². The van der Waals surface area contributed by atoms with Crippen molar-refractivity contribution in [1.29, 1.82) is 0 Å². The Balaban J connectivity index is 1.34. The van der Waals surface area contributed by atoms with Gasteiger partial charge in [0.05, 0.1) is 13.5 Å². The average Bonchev–Trinajstić information content (AvgIpc) is 2.85. The molecule has 7 nitrogen and oxygen atoms in total. The highest BCUT2D eigenvalue weighted by Gasteiger charge is 2.23. The molecular formula is C25H28N4O3S. The molecule has 0 atom stereocenters. The number of thioether (sulfide) groups is 1. The van der Waals surface area contributed by atoms with Crippen LogP contribution in [0.1, 0.15) is 16.8 Å². The molecule has 0 unspecified atom stereocenters. The minimum Gasteiger partial charge on any atom is -0.497 e. The number of H-pyrrole nitrogens is 1. The van der Waals surface area contributed by atoms with Crippen molar-refractivity contribution in [2.75, 3.05) is 38.2 Å². The molecule has 0 aliphatic carbocycles. The number of rotatable bonds is 7. The molecule has 1 amide bonds. The van der Waals surface area contributed by atoms with Crippen molar-refractivity contribution < 1.29 is 9.53 Å². The standard InChI is InChI=1S/C25H28N4O3S/c1-18-22(24(31)27-25(26-18)33-17-19-6-4-3-5-7-19)16-23(30)29-14-12-28(13-15-29)20-8-10-21(32-2)11-9-20/h3-11H,12-17H2,1-2H3,(H,26,27,31). The number of carbonyl (C=O) groups excluding carboxylic acids is 1. The third kappa shape index (κ3) is 5.76. The molecule has 1 aliphatic heterocycles. The fraction of sp³-hybridized carbons (Fsp3) is 0.320. The smallest absolute Gasteiger partial charge is 0.255 e. The van der Waals surface area contributed by atoms with Crippen molar-refractivity contribution in [3.8, 4) is 5.75 Å². The molecule has 172 valence electrons. The fourth-order valence-electron chi connectivity index (χ4n) is 3.86. The van der Waals surface area contributed by atoms with E-state index in [9.17, 15) is 9.59 Å². The Morgan fingerprint density at radius 1 is 1.06 bits per heavy atom. The molecule has 0 radical (unpaired) electrons. The van der Waals surface area contributed by atoms with Gasteiger partial charge < -0.3 is 19.5 Å². The van der Waals surface area contributed by atoms with Crippen LogP contribution < -0.4 is 15.2 Å². The van der Waals surface area contributed by atoms with E-state index in [2.05, 4.69) is 14.9 Å². The molecule has 2 heterocycles. The van der Waals surface area contributed by atoms with Crippen molar-refractivity contribution in [2.45, 2.75) is 24.3 Å². The molecule has 2 aromatic carbocycles. The van der Waals surface area contributed by atoms with Gasteiger partial charge in [0.2, 0.25) is 5.91 Å². The summed E-state index contributed by atoms with van der Waals surface area (Å²) < 4.78 is 5.22. The summed E-state index contributed by atoms with van der Waals surface area (Å²) in [6.07, 6.45) is 0.0698. The number of piperazine rings is 1. The van der Waals surface area contributed by atoms with Crippen LogP contribution in [-0.2, 0) is 17.0 Å². The molecule has 0 spiro atoms. The number of aryl methyl sites for hydroxylation is 1. The van der Waals surface area contributed by atoms with Gasteiger partial charge in [-0.05, 0) is 36.8 Å². The lowest BCUT2D eigenvalue weighted by Crippen LogP contribution is -2.49. The molecule has 1 aromatic heterocycles. The first-order valence-corrected chi connectivity index (χ1v) is 12.0. The number of nitrogens with zero attached hydrogens (tertiary/aromatic N) is 3. The fourth-order valence-corrected chi connectivity index (χ4v) is 4.72. The molecule has 8 heteroatoms. The zero-order valence-electron chi connectivity index (χ0n) is 18.9. The van der Waals surface area contributed by atoms with Crippen LogP contribution in [-0.4, -0.2) is 54.1 Å². The highest BCUT2D eigenvalue weighted by molar-refractivity contribution is 7.98. The van der Waals surface area contributed by atoms with Crippen LogP contribution in [0, 0.1) is 6.92 Å². The first-order valence-electron chi connectivity index (χ1n) is 11.0. The van der Waals surface area contributed by atoms with E-state index in [1.165, 1.54) is 11.8 Å². The summed E-state index contributed by atoms with van der Waals surface area (Å²) in [6, 6.07) is 18.0. The van der Waals surface area contributed by atoms with Crippen molar-refractivity contribution in [2.24, 2.45) is 0 Å². The third-order valence-corrected chi connectivity index (χ3v) is 6.76. The molecule has 1 N–H and O–H groups in total. The number of hydrogen-bond acceptors (Lipinski definition) is 6. The van der Waals surface area contributed by atoms with Gasteiger partial charge in [-0.3, -0.25) is 9.59 Å². The van der Waals surface area contributed by atoms with Gasteiger partial charge >= 0.3 is 0 Å². The van der Waals surface area contributed by atoms with E-state index in [0.717, 1.165) is 35.8 Å². The number of amides is 1. The SMILES string of the molecule is COc1ccc(N2CCN(C(=O)Cc3c(C)nc(SCc4ccccc4)[nH]c3=O)CC2)cc1. The van der Waals surface area contributed by atoms with Crippen molar-refractivity contribution in [1.82, 2.24) is 14.9 Å². The Hall–Kier alpha value is -3.26. The van der Waals surface area contributed by atoms with E-state index >= 15 is 0 Å². The molecule has 1 fully saturated rings. The van der Waals surface area contributed by atoms with Crippen LogP contribution in [0.25, 0.3) is 0 Å². The van der Waals surface area contributed by atoms with Gasteiger partial charge in [-0.25, -0.2) is 4.98 Å². The number of methoxy groups -OCH3 is 1. The van der Waals surface area contributed by atoms with Gasteiger partial charge in [0.25, 0.3) is 5.56 Å². The average molecular weight is 465 g/mol. The highest BCUT2D eigenvalue weighted by atomic mass is 32.2. The number of aromatic nitrogens is 2. The predicted octanol–water partition coefficient (Wildman–Crippen LogP) is 3.27. The van der Waals surface area contributed by atoms with Gasteiger partial charge in [-0.2, -0.15) is 0 Å². The molecule has 33 heavy (non-hydrogen) atoms. The van der Waals surface area contributed by atoms with Crippen molar-refractivity contribution >= 4 is 23.4 Å². The first-order chi connectivity index (χ1) is 16.0. The summed E-state index contributed by atoms with van der Waals surface area (Å²) in [6.45, 7) is 4.55. The van der Waals surface area contributed by atoms with Crippen LogP contribution in [0.3, 0.4) is 0 Å². The maximum absolute atomic E-state index is 12.9. The lowest BCUT2D eigenvalue weighted by molar-refractivity contribution is -0.130. The molecule has 3 aromatic rings. The molecule has 1 saturated heterocycles. The second-order valence-electron chi connectivity index (χ2n) is 7.95.